The minimum Gasteiger partial charge on any atom is -0.338 e. The van der Waals surface area contributed by atoms with Gasteiger partial charge in [-0.05, 0) is 49.9 Å². The van der Waals surface area contributed by atoms with Crippen molar-refractivity contribution in [2.75, 3.05) is 11.9 Å². The van der Waals surface area contributed by atoms with E-state index in [4.69, 9.17) is 0 Å². The number of nitrogens with one attached hydrogen (secondary N) is 2. The molecule has 0 unspecified atom stereocenters. The van der Waals surface area contributed by atoms with Gasteiger partial charge in [0.25, 0.3) is 5.56 Å². The third-order valence-electron chi connectivity index (χ3n) is 5.81. The molecule has 0 bridgehead atoms. The molecule has 0 fully saturated rings. The highest BCUT2D eigenvalue weighted by molar-refractivity contribution is 5.90. The predicted molar refractivity (Wildman–Crippen MR) is 137 cm³/mol. The molecule has 0 aliphatic carbocycles. The number of hydrogen-bond donors (Lipinski definition) is 2. The van der Waals surface area contributed by atoms with E-state index >= 15 is 0 Å². The molecule has 1 heterocycles. The third kappa shape index (κ3) is 5.55. The molecule has 176 valence electrons. The van der Waals surface area contributed by atoms with Crippen molar-refractivity contribution in [2.45, 2.75) is 52.9 Å². The molecule has 0 spiro atoms. The maximum Gasteiger partial charge on any atom is 0.319 e. The Labute approximate surface area is 201 Å². The first-order chi connectivity index (χ1) is 16.5. The van der Waals surface area contributed by atoms with Crippen LogP contribution in [-0.2, 0) is 6.42 Å². The van der Waals surface area contributed by atoms with E-state index in [0.29, 0.717) is 17.8 Å². The molecule has 1 aromatic heterocycles. The fourth-order valence-electron chi connectivity index (χ4n) is 4.00. The van der Waals surface area contributed by atoms with Crippen LogP contribution in [0.2, 0.25) is 0 Å². The molecule has 0 atom stereocenters. The number of para-hydroxylation sites is 1. The number of nitriles is 1. The summed E-state index contributed by atoms with van der Waals surface area (Å²) in [7, 11) is 0. The Hall–Kier alpha value is -3.85. The van der Waals surface area contributed by atoms with E-state index in [9.17, 15) is 14.9 Å². The molecule has 0 aliphatic rings. The maximum absolute atomic E-state index is 13.8. The summed E-state index contributed by atoms with van der Waals surface area (Å²) >= 11 is 0. The molecule has 0 radical (unpaired) electrons. The largest absolute Gasteiger partial charge is 0.338 e. The van der Waals surface area contributed by atoms with E-state index in [1.54, 1.807) is 10.6 Å². The highest BCUT2D eigenvalue weighted by Crippen LogP contribution is 2.30. The van der Waals surface area contributed by atoms with Gasteiger partial charge in [0.2, 0.25) is 0 Å². The Morgan fingerprint density at radius 2 is 1.68 bits per heavy atom. The number of urea groups is 1. The van der Waals surface area contributed by atoms with Crippen molar-refractivity contribution in [3.63, 3.8) is 0 Å². The minimum absolute atomic E-state index is 0.262. The second-order valence-electron chi connectivity index (χ2n) is 8.35. The van der Waals surface area contributed by atoms with Gasteiger partial charge in [-0.2, -0.15) is 5.26 Å². The molecule has 6 heteroatoms. The number of benzene rings is 2. The smallest absolute Gasteiger partial charge is 0.319 e. The number of hydrogen-bond acceptors (Lipinski definition) is 3. The maximum atomic E-state index is 13.8. The Morgan fingerprint density at radius 1 is 1.00 bits per heavy atom. The normalized spacial score (nSPS) is 10.5. The molecule has 34 heavy (non-hydrogen) atoms. The molecule has 0 saturated heterocycles. The fourth-order valence-corrected chi connectivity index (χ4v) is 4.00. The van der Waals surface area contributed by atoms with Crippen LogP contribution in [0, 0.1) is 18.3 Å². The molecule has 0 saturated carbocycles. The number of amides is 2. The van der Waals surface area contributed by atoms with Crippen LogP contribution in [0.3, 0.4) is 0 Å². The van der Waals surface area contributed by atoms with Crippen LogP contribution in [0.4, 0.5) is 10.5 Å². The Morgan fingerprint density at radius 3 is 2.38 bits per heavy atom. The fraction of sp³-hybridized carbons (Fsp3) is 0.321. The number of unbranched alkanes of at least 4 members (excludes halogenated alkanes) is 2. The first kappa shape index (κ1) is 24.8. The zero-order valence-electron chi connectivity index (χ0n) is 20.1. The standard InChI is InChI=1S/C28H32N4O2/c1-4-6-13-22-18-20(3)26(31-28(34)30-17-7-5-2)27(33)32(22)25-16-11-10-15-24(25)23-14-9-8-12-21(23)19-29/h8-12,14-16,18H,4-7,13,17H2,1-3H3,(H2,30,31,34). The summed E-state index contributed by atoms with van der Waals surface area (Å²) in [6.07, 6.45) is 4.49. The van der Waals surface area contributed by atoms with Gasteiger partial charge in [-0.25, -0.2) is 4.79 Å². The van der Waals surface area contributed by atoms with Crippen molar-refractivity contribution < 1.29 is 4.79 Å². The van der Waals surface area contributed by atoms with E-state index in [-0.39, 0.29) is 17.3 Å². The van der Waals surface area contributed by atoms with Crippen LogP contribution in [0.25, 0.3) is 16.8 Å². The molecule has 2 aromatic carbocycles. The summed E-state index contributed by atoms with van der Waals surface area (Å²) in [6, 6.07) is 18.8. The topological polar surface area (TPSA) is 86.9 Å². The van der Waals surface area contributed by atoms with Gasteiger partial charge in [0.1, 0.15) is 5.69 Å². The molecular weight excluding hydrogens is 424 g/mol. The number of carbonyl (C=O) groups excluding carboxylic acids is 1. The Bertz CT molecular complexity index is 1250. The average molecular weight is 457 g/mol. The average Bonchev–Trinajstić information content (AvgIpc) is 2.85. The summed E-state index contributed by atoms with van der Waals surface area (Å²) in [5.74, 6) is 0. The minimum atomic E-state index is -0.385. The van der Waals surface area contributed by atoms with Gasteiger partial charge >= 0.3 is 6.03 Å². The summed E-state index contributed by atoms with van der Waals surface area (Å²) in [6.45, 7) is 6.57. The number of anilines is 1. The van der Waals surface area contributed by atoms with E-state index in [1.165, 1.54) is 0 Å². The number of aryl methyl sites for hydroxylation is 2. The quantitative estimate of drug-likeness (QED) is 0.390. The molecule has 2 amide bonds. The van der Waals surface area contributed by atoms with Crippen LogP contribution in [0.5, 0.6) is 0 Å². The van der Waals surface area contributed by atoms with Crippen LogP contribution >= 0.6 is 0 Å². The van der Waals surface area contributed by atoms with Crippen molar-refractivity contribution in [1.82, 2.24) is 9.88 Å². The molecule has 3 rings (SSSR count). The molecule has 2 N–H and O–H groups in total. The van der Waals surface area contributed by atoms with E-state index in [0.717, 1.165) is 54.5 Å². The van der Waals surface area contributed by atoms with Crippen molar-refractivity contribution in [1.29, 1.82) is 5.26 Å². The molecule has 6 nitrogen and oxygen atoms in total. The SMILES string of the molecule is CCCCNC(=O)Nc1c(C)cc(CCCC)n(-c2ccccc2-c2ccccc2C#N)c1=O. The summed E-state index contributed by atoms with van der Waals surface area (Å²) in [5.41, 5.74) is 4.38. The van der Waals surface area contributed by atoms with E-state index in [1.807, 2.05) is 55.5 Å². The number of rotatable bonds is 9. The zero-order chi connectivity index (χ0) is 24.5. The number of aromatic nitrogens is 1. The molecule has 0 aliphatic heterocycles. The van der Waals surface area contributed by atoms with Gasteiger partial charge < -0.3 is 10.6 Å². The van der Waals surface area contributed by atoms with E-state index in [2.05, 4.69) is 30.6 Å². The summed E-state index contributed by atoms with van der Waals surface area (Å²) in [5, 5.41) is 15.3. The monoisotopic (exact) mass is 456 g/mol. The van der Waals surface area contributed by atoms with Gasteiger partial charge in [-0.1, -0.05) is 63.1 Å². The zero-order valence-corrected chi connectivity index (χ0v) is 20.1. The summed E-state index contributed by atoms with van der Waals surface area (Å²) < 4.78 is 1.69. The van der Waals surface area contributed by atoms with Crippen LogP contribution in [0.1, 0.15) is 56.4 Å². The Kier molecular flexibility index (Phi) is 8.64. The highest BCUT2D eigenvalue weighted by atomic mass is 16.2. The van der Waals surface area contributed by atoms with Gasteiger partial charge in [0.05, 0.1) is 17.3 Å². The number of nitrogens with zero attached hydrogens (tertiary/aromatic N) is 2. The highest BCUT2D eigenvalue weighted by Gasteiger charge is 2.19. The van der Waals surface area contributed by atoms with Crippen molar-refractivity contribution >= 4 is 11.7 Å². The van der Waals surface area contributed by atoms with Crippen LogP contribution in [-0.4, -0.2) is 17.1 Å². The van der Waals surface area contributed by atoms with Gasteiger partial charge in [0.15, 0.2) is 0 Å². The lowest BCUT2D eigenvalue weighted by Crippen LogP contribution is -2.34. The lowest BCUT2D eigenvalue weighted by molar-refractivity contribution is 0.252. The van der Waals surface area contributed by atoms with Crippen molar-refractivity contribution in [2.24, 2.45) is 0 Å². The second kappa shape index (κ2) is 11.9. The number of carbonyl (C=O) groups is 1. The first-order valence-corrected chi connectivity index (χ1v) is 11.9. The van der Waals surface area contributed by atoms with Gasteiger partial charge in [-0.15, -0.1) is 0 Å². The molecule has 3 aromatic rings. The van der Waals surface area contributed by atoms with Crippen LogP contribution in [0.15, 0.2) is 59.4 Å². The number of pyridine rings is 1. The first-order valence-electron chi connectivity index (χ1n) is 11.9. The summed E-state index contributed by atoms with van der Waals surface area (Å²) in [4.78, 5) is 26.3. The lowest BCUT2D eigenvalue weighted by atomic mass is 9.98. The van der Waals surface area contributed by atoms with Crippen LogP contribution < -0.4 is 16.2 Å². The van der Waals surface area contributed by atoms with Gasteiger partial charge in [-0.3, -0.25) is 9.36 Å². The van der Waals surface area contributed by atoms with Crippen molar-refractivity contribution in [3.05, 3.63) is 81.8 Å². The predicted octanol–water partition coefficient (Wildman–Crippen LogP) is 5.95. The van der Waals surface area contributed by atoms with E-state index < -0.39 is 0 Å². The molecular formula is C28H32N4O2. The Balaban J connectivity index is 2.19. The lowest BCUT2D eigenvalue weighted by Gasteiger charge is -2.20. The van der Waals surface area contributed by atoms with Crippen molar-refractivity contribution in [3.8, 4) is 22.9 Å². The third-order valence-corrected chi connectivity index (χ3v) is 5.81. The van der Waals surface area contributed by atoms with Gasteiger partial charge in [0, 0.05) is 23.4 Å². The second-order valence-corrected chi connectivity index (χ2v) is 8.35.